The zero-order chi connectivity index (χ0) is 14.8. The van der Waals surface area contributed by atoms with Crippen molar-refractivity contribution in [3.8, 4) is 0 Å². The smallest absolute Gasteiger partial charge is 0.307 e. The standard InChI is InChI=1S/C13H24N2O4/c1-5-19-12(18)6-7-14-8-11(17)15-13(9(2)3)10(4)16/h9,13-14H,5-8H2,1-4H3,(H,15,17). The second-order valence-corrected chi connectivity index (χ2v) is 4.63. The van der Waals surface area contributed by atoms with Crippen molar-refractivity contribution in [1.82, 2.24) is 10.6 Å². The van der Waals surface area contributed by atoms with Crippen molar-refractivity contribution in [1.29, 1.82) is 0 Å². The lowest BCUT2D eigenvalue weighted by atomic mass is 10.0. The molecule has 0 spiro atoms. The number of nitrogens with one attached hydrogen (secondary N) is 2. The molecule has 0 saturated heterocycles. The van der Waals surface area contributed by atoms with E-state index in [9.17, 15) is 14.4 Å². The van der Waals surface area contributed by atoms with Crippen LogP contribution in [0.25, 0.3) is 0 Å². The first-order valence-electron chi connectivity index (χ1n) is 6.54. The van der Waals surface area contributed by atoms with Crippen LogP contribution < -0.4 is 10.6 Å². The first-order valence-corrected chi connectivity index (χ1v) is 6.54. The zero-order valence-electron chi connectivity index (χ0n) is 12.1. The molecule has 0 fully saturated rings. The molecule has 6 heteroatoms. The number of ether oxygens (including phenoxy) is 1. The van der Waals surface area contributed by atoms with Crippen molar-refractivity contribution < 1.29 is 19.1 Å². The molecule has 0 aliphatic rings. The van der Waals surface area contributed by atoms with Crippen LogP contribution in [0.2, 0.25) is 0 Å². The predicted molar refractivity (Wildman–Crippen MR) is 71.6 cm³/mol. The van der Waals surface area contributed by atoms with Gasteiger partial charge in [0.15, 0.2) is 5.78 Å². The fraction of sp³-hybridized carbons (Fsp3) is 0.769. The molecule has 110 valence electrons. The van der Waals surface area contributed by atoms with Gasteiger partial charge in [-0.3, -0.25) is 14.4 Å². The van der Waals surface area contributed by atoms with Gasteiger partial charge < -0.3 is 15.4 Å². The Balaban J connectivity index is 3.86. The van der Waals surface area contributed by atoms with Gasteiger partial charge in [-0.2, -0.15) is 0 Å². The fourth-order valence-electron chi connectivity index (χ4n) is 1.59. The third kappa shape index (κ3) is 8.31. The Morgan fingerprint density at radius 2 is 1.84 bits per heavy atom. The van der Waals surface area contributed by atoms with E-state index >= 15 is 0 Å². The normalized spacial score (nSPS) is 12.1. The minimum absolute atomic E-state index is 0.0565. The van der Waals surface area contributed by atoms with Crippen LogP contribution >= 0.6 is 0 Å². The minimum Gasteiger partial charge on any atom is -0.466 e. The number of amides is 1. The van der Waals surface area contributed by atoms with Crippen molar-refractivity contribution in [2.45, 2.75) is 40.2 Å². The lowest BCUT2D eigenvalue weighted by Crippen LogP contribution is -2.46. The molecule has 6 nitrogen and oxygen atoms in total. The monoisotopic (exact) mass is 272 g/mol. The van der Waals surface area contributed by atoms with E-state index in [4.69, 9.17) is 4.74 Å². The largest absolute Gasteiger partial charge is 0.466 e. The van der Waals surface area contributed by atoms with Gasteiger partial charge in [0.2, 0.25) is 5.91 Å². The van der Waals surface area contributed by atoms with Crippen LogP contribution in [-0.2, 0) is 19.1 Å². The lowest BCUT2D eigenvalue weighted by molar-refractivity contribution is -0.143. The summed E-state index contributed by atoms with van der Waals surface area (Å²) in [4.78, 5) is 33.9. The van der Waals surface area contributed by atoms with Crippen LogP contribution in [0.5, 0.6) is 0 Å². The summed E-state index contributed by atoms with van der Waals surface area (Å²) in [6, 6.07) is -0.459. The maximum Gasteiger partial charge on any atom is 0.307 e. The molecule has 0 aliphatic heterocycles. The van der Waals surface area contributed by atoms with Crippen LogP contribution in [0.15, 0.2) is 0 Å². The van der Waals surface area contributed by atoms with E-state index in [1.807, 2.05) is 13.8 Å². The molecule has 0 aromatic carbocycles. The average Bonchev–Trinajstić information content (AvgIpc) is 2.31. The van der Waals surface area contributed by atoms with Gasteiger partial charge in [-0.25, -0.2) is 0 Å². The second-order valence-electron chi connectivity index (χ2n) is 4.63. The Kier molecular flexibility index (Phi) is 8.78. The van der Waals surface area contributed by atoms with E-state index in [-0.39, 0.29) is 36.5 Å². The average molecular weight is 272 g/mol. The Labute approximate surface area is 114 Å². The molecular weight excluding hydrogens is 248 g/mol. The van der Waals surface area contributed by atoms with Crippen molar-refractivity contribution in [3.63, 3.8) is 0 Å². The molecule has 0 heterocycles. The minimum atomic E-state index is -0.459. The summed E-state index contributed by atoms with van der Waals surface area (Å²) in [7, 11) is 0. The molecule has 0 radical (unpaired) electrons. The van der Waals surface area contributed by atoms with Gasteiger partial charge in [-0.1, -0.05) is 13.8 Å². The van der Waals surface area contributed by atoms with Crippen LogP contribution in [0.1, 0.15) is 34.1 Å². The molecule has 1 amide bonds. The van der Waals surface area contributed by atoms with Crippen LogP contribution in [0.4, 0.5) is 0 Å². The number of rotatable bonds is 9. The van der Waals surface area contributed by atoms with E-state index in [0.717, 1.165) is 0 Å². The number of Topliss-reactive ketones (excluding diaryl/α,β-unsaturated/α-hetero) is 1. The Bertz CT molecular complexity index is 316. The summed E-state index contributed by atoms with van der Waals surface area (Å²) in [6.07, 6.45) is 0.224. The number of esters is 1. The summed E-state index contributed by atoms with van der Waals surface area (Å²) in [5.74, 6) is -0.548. The SMILES string of the molecule is CCOC(=O)CCNCC(=O)NC(C(C)=O)C(C)C. The first kappa shape index (κ1) is 17.6. The molecule has 2 N–H and O–H groups in total. The molecule has 1 unspecified atom stereocenters. The highest BCUT2D eigenvalue weighted by molar-refractivity contribution is 5.88. The summed E-state index contributed by atoms with van der Waals surface area (Å²) in [5, 5.41) is 5.50. The summed E-state index contributed by atoms with van der Waals surface area (Å²) in [5.41, 5.74) is 0. The number of carbonyl (C=O) groups is 3. The van der Waals surface area contributed by atoms with E-state index in [1.54, 1.807) is 6.92 Å². The van der Waals surface area contributed by atoms with E-state index in [2.05, 4.69) is 10.6 Å². The van der Waals surface area contributed by atoms with Crippen LogP contribution in [0.3, 0.4) is 0 Å². The maximum atomic E-state index is 11.6. The van der Waals surface area contributed by atoms with E-state index in [1.165, 1.54) is 6.92 Å². The van der Waals surface area contributed by atoms with Gasteiger partial charge in [0.25, 0.3) is 0 Å². The Hall–Kier alpha value is -1.43. The molecule has 1 atom stereocenters. The van der Waals surface area contributed by atoms with Crippen LogP contribution in [0, 0.1) is 5.92 Å². The van der Waals surface area contributed by atoms with Crippen molar-refractivity contribution in [2.24, 2.45) is 5.92 Å². The van der Waals surface area contributed by atoms with Gasteiger partial charge >= 0.3 is 5.97 Å². The number of ketones is 1. The molecule has 19 heavy (non-hydrogen) atoms. The maximum absolute atomic E-state index is 11.6. The molecule has 0 aromatic heterocycles. The molecule has 0 rings (SSSR count). The van der Waals surface area contributed by atoms with Crippen molar-refractivity contribution in [3.05, 3.63) is 0 Å². The highest BCUT2D eigenvalue weighted by Gasteiger charge is 2.20. The number of hydrogen-bond acceptors (Lipinski definition) is 5. The fourth-order valence-corrected chi connectivity index (χ4v) is 1.59. The van der Waals surface area contributed by atoms with Gasteiger partial charge in [0.05, 0.1) is 25.6 Å². The van der Waals surface area contributed by atoms with Crippen LogP contribution in [-0.4, -0.2) is 43.4 Å². The molecule has 0 aliphatic carbocycles. The van der Waals surface area contributed by atoms with E-state index < -0.39 is 6.04 Å². The first-order chi connectivity index (χ1) is 8.88. The number of carbonyl (C=O) groups excluding carboxylic acids is 3. The summed E-state index contributed by atoms with van der Waals surface area (Å²) in [6.45, 7) is 7.76. The zero-order valence-corrected chi connectivity index (χ0v) is 12.1. The summed E-state index contributed by atoms with van der Waals surface area (Å²) >= 11 is 0. The Morgan fingerprint density at radius 1 is 1.21 bits per heavy atom. The molecule has 0 aromatic rings. The lowest BCUT2D eigenvalue weighted by Gasteiger charge is -2.19. The summed E-state index contributed by atoms with van der Waals surface area (Å²) < 4.78 is 4.75. The molecular formula is C13H24N2O4. The van der Waals surface area contributed by atoms with Crippen molar-refractivity contribution in [2.75, 3.05) is 19.7 Å². The van der Waals surface area contributed by atoms with Gasteiger partial charge in [-0.15, -0.1) is 0 Å². The quantitative estimate of drug-likeness (QED) is 0.464. The third-order valence-corrected chi connectivity index (χ3v) is 2.52. The number of hydrogen-bond donors (Lipinski definition) is 2. The van der Waals surface area contributed by atoms with Gasteiger partial charge in [0, 0.05) is 6.54 Å². The second kappa shape index (κ2) is 9.49. The highest BCUT2D eigenvalue weighted by atomic mass is 16.5. The molecule has 0 saturated carbocycles. The van der Waals surface area contributed by atoms with E-state index in [0.29, 0.717) is 13.2 Å². The highest BCUT2D eigenvalue weighted by Crippen LogP contribution is 2.02. The van der Waals surface area contributed by atoms with Gasteiger partial charge in [-0.05, 0) is 19.8 Å². The third-order valence-electron chi connectivity index (χ3n) is 2.52. The topological polar surface area (TPSA) is 84.5 Å². The molecule has 0 bridgehead atoms. The van der Waals surface area contributed by atoms with Gasteiger partial charge in [0.1, 0.15) is 0 Å². The van der Waals surface area contributed by atoms with Crippen molar-refractivity contribution >= 4 is 17.7 Å². The predicted octanol–water partition coefficient (Wildman–Crippen LogP) is 0.259. The Morgan fingerprint density at radius 3 is 2.32 bits per heavy atom.